The van der Waals surface area contributed by atoms with E-state index in [1.54, 1.807) is 16.7 Å². The first-order chi connectivity index (χ1) is 9.54. The number of aromatic nitrogens is 2. The molecular formula is C12H23N5O2S. The summed E-state index contributed by atoms with van der Waals surface area (Å²) in [6.45, 7) is 3.08. The molecule has 2 rings (SSSR count). The van der Waals surface area contributed by atoms with Gasteiger partial charge in [0.05, 0.1) is 6.20 Å². The molecule has 1 aromatic rings. The fraction of sp³-hybridized carbons (Fsp3) is 0.750. The van der Waals surface area contributed by atoms with E-state index < -0.39 is 10.2 Å². The molecule has 20 heavy (non-hydrogen) atoms. The molecule has 7 nitrogen and oxygen atoms in total. The van der Waals surface area contributed by atoms with E-state index >= 15 is 0 Å². The molecule has 0 amide bonds. The van der Waals surface area contributed by atoms with Gasteiger partial charge in [0.2, 0.25) is 0 Å². The van der Waals surface area contributed by atoms with E-state index in [-0.39, 0.29) is 12.1 Å². The van der Waals surface area contributed by atoms with Crippen molar-refractivity contribution >= 4 is 10.2 Å². The van der Waals surface area contributed by atoms with Crippen molar-refractivity contribution in [3.8, 4) is 0 Å². The summed E-state index contributed by atoms with van der Waals surface area (Å²) in [5.74, 6) is 0. The van der Waals surface area contributed by atoms with Gasteiger partial charge in [-0.3, -0.25) is 5.10 Å². The zero-order valence-corrected chi connectivity index (χ0v) is 12.8. The first kappa shape index (κ1) is 15.4. The smallest absolute Gasteiger partial charge is 0.280 e. The molecule has 1 aromatic heterocycles. The summed E-state index contributed by atoms with van der Waals surface area (Å²) in [4.78, 5) is 0. The lowest BCUT2D eigenvalue weighted by atomic mass is 10.1. The lowest BCUT2D eigenvalue weighted by Crippen LogP contribution is -2.52. The highest BCUT2D eigenvalue weighted by molar-refractivity contribution is 7.87. The second-order valence-electron chi connectivity index (χ2n) is 5.19. The molecule has 0 saturated carbocycles. The van der Waals surface area contributed by atoms with Gasteiger partial charge >= 0.3 is 0 Å². The average Bonchev–Trinajstić information content (AvgIpc) is 2.93. The fourth-order valence-electron chi connectivity index (χ4n) is 2.59. The number of piperidine rings is 1. The van der Waals surface area contributed by atoms with Gasteiger partial charge in [-0.05, 0) is 26.8 Å². The lowest BCUT2D eigenvalue weighted by Gasteiger charge is -2.35. The minimum absolute atomic E-state index is 0.0304. The Kier molecular flexibility index (Phi) is 5.14. The van der Waals surface area contributed by atoms with E-state index in [9.17, 15) is 8.42 Å². The van der Waals surface area contributed by atoms with Crippen molar-refractivity contribution in [2.75, 3.05) is 20.1 Å². The number of hydrogen-bond donors (Lipinski definition) is 3. The Labute approximate surface area is 120 Å². The van der Waals surface area contributed by atoms with Crippen molar-refractivity contribution in [3.05, 3.63) is 18.0 Å². The van der Waals surface area contributed by atoms with Gasteiger partial charge < -0.3 is 5.32 Å². The Balaban J connectivity index is 2.08. The molecule has 8 heteroatoms. The van der Waals surface area contributed by atoms with Gasteiger partial charge in [-0.15, -0.1) is 0 Å². The quantitative estimate of drug-likeness (QED) is 0.708. The van der Waals surface area contributed by atoms with Crippen LogP contribution in [0.5, 0.6) is 0 Å². The maximum absolute atomic E-state index is 12.5. The van der Waals surface area contributed by atoms with Gasteiger partial charge in [-0.2, -0.15) is 22.5 Å². The molecule has 1 saturated heterocycles. The first-order valence-corrected chi connectivity index (χ1v) is 8.41. The van der Waals surface area contributed by atoms with Crippen LogP contribution in [0.1, 0.15) is 37.8 Å². The van der Waals surface area contributed by atoms with Crippen molar-refractivity contribution in [3.63, 3.8) is 0 Å². The van der Waals surface area contributed by atoms with E-state index in [0.29, 0.717) is 13.1 Å². The molecular weight excluding hydrogens is 278 g/mol. The summed E-state index contributed by atoms with van der Waals surface area (Å²) < 4.78 is 29.4. The van der Waals surface area contributed by atoms with Crippen molar-refractivity contribution < 1.29 is 8.42 Å². The number of likely N-dealkylation sites (N-methyl/N-ethyl adjacent to an activating group) is 1. The van der Waals surface area contributed by atoms with Crippen LogP contribution in [0.4, 0.5) is 0 Å². The van der Waals surface area contributed by atoms with E-state index in [1.165, 1.54) is 0 Å². The third-order valence-electron chi connectivity index (χ3n) is 3.67. The fourth-order valence-corrected chi connectivity index (χ4v) is 4.25. The number of hydrogen-bond acceptors (Lipinski definition) is 4. The molecule has 2 atom stereocenters. The van der Waals surface area contributed by atoms with Crippen LogP contribution in [-0.4, -0.2) is 49.1 Å². The topological polar surface area (TPSA) is 90.1 Å². The second-order valence-corrected chi connectivity index (χ2v) is 6.85. The summed E-state index contributed by atoms with van der Waals surface area (Å²) in [5.41, 5.74) is 0.829. The van der Waals surface area contributed by atoms with Crippen LogP contribution in [0, 0.1) is 0 Å². The molecule has 0 spiro atoms. The largest absolute Gasteiger partial charge is 0.318 e. The summed E-state index contributed by atoms with van der Waals surface area (Å²) in [6.07, 6.45) is 6.24. The number of H-pyrrole nitrogens is 1. The van der Waals surface area contributed by atoms with Gasteiger partial charge in [0.15, 0.2) is 0 Å². The normalized spacial score (nSPS) is 22.8. The predicted molar refractivity (Wildman–Crippen MR) is 77.3 cm³/mol. The highest BCUT2D eigenvalue weighted by Gasteiger charge is 2.32. The summed E-state index contributed by atoms with van der Waals surface area (Å²) in [7, 11) is -1.63. The first-order valence-electron chi connectivity index (χ1n) is 6.97. The summed E-state index contributed by atoms with van der Waals surface area (Å²) in [5, 5.41) is 9.61. The van der Waals surface area contributed by atoms with Crippen LogP contribution in [0.15, 0.2) is 12.4 Å². The number of aromatic amines is 1. The Morgan fingerprint density at radius 1 is 1.55 bits per heavy atom. The predicted octanol–water partition coefficient (Wildman–Crippen LogP) is 0.379. The maximum Gasteiger partial charge on any atom is 0.280 e. The molecule has 1 aliphatic rings. The van der Waals surface area contributed by atoms with Gasteiger partial charge in [0.1, 0.15) is 0 Å². The number of nitrogens with zero attached hydrogens (tertiary/aromatic N) is 2. The van der Waals surface area contributed by atoms with E-state index in [0.717, 1.165) is 24.8 Å². The van der Waals surface area contributed by atoms with Crippen LogP contribution in [0.3, 0.4) is 0 Å². The molecule has 0 bridgehead atoms. The van der Waals surface area contributed by atoms with Crippen molar-refractivity contribution in [1.29, 1.82) is 0 Å². The number of nitrogens with one attached hydrogen (secondary N) is 3. The molecule has 1 aliphatic heterocycles. The molecule has 3 N–H and O–H groups in total. The van der Waals surface area contributed by atoms with E-state index in [1.807, 2.05) is 14.0 Å². The minimum atomic E-state index is -3.48. The molecule has 2 unspecified atom stereocenters. The lowest BCUT2D eigenvalue weighted by molar-refractivity contribution is 0.245. The van der Waals surface area contributed by atoms with Crippen LogP contribution in [0.2, 0.25) is 0 Å². The van der Waals surface area contributed by atoms with Crippen LogP contribution in [0.25, 0.3) is 0 Å². The molecule has 114 valence electrons. The highest BCUT2D eigenvalue weighted by Crippen LogP contribution is 2.21. The van der Waals surface area contributed by atoms with Gasteiger partial charge in [0, 0.05) is 36.9 Å². The monoisotopic (exact) mass is 301 g/mol. The molecule has 0 aromatic carbocycles. The van der Waals surface area contributed by atoms with Gasteiger partial charge in [-0.25, -0.2) is 0 Å². The minimum Gasteiger partial charge on any atom is -0.318 e. The highest BCUT2D eigenvalue weighted by atomic mass is 32.2. The molecule has 0 aliphatic carbocycles. The maximum atomic E-state index is 12.5. The molecule has 0 radical (unpaired) electrons. The summed E-state index contributed by atoms with van der Waals surface area (Å²) in [6, 6.07) is -0.265. The Morgan fingerprint density at radius 3 is 3.00 bits per heavy atom. The van der Waals surface area contributed by atoms with Crippen molar-refractivity contribution in [2.45, 2.75) is 38.3 Å². The van der Waals surface area contributed by atoms with Crippen molar-refractivity contribution in [2.24, 2.45) is 0 Å². The zero-order chi connectivity index (χ0) is 14.6. The van der Waals surface area contributed by atoms with Gasteiger partial charge in [-0.1, -0.05) is 6.42 Å². The number of rotatable bonds is 6. The van der Waals surface area contributed by atoms with Crippen LogP contribution < -0.4 is 10.0 Å². The Morgan fingerprint density at radius 2 is 2.35 bits per heavy atom. The SMILES string of the molecule is CNCC1CCCCN1S(=O)(=O)NC(C)c1cn[nH]c1. The van der Waals surface area contributed by atoms with Crippen molar-refractivity contribution in [1.82, 2.24) is 24.5 Å². The molecule has 1 fully saturated rings. The molecule has 2 heterocycles. The third-order valence-corrected chi connectivity index (χ3v) is 5.42. The third kappa shape index (κ3) is 3.57. The average molecular weight is 301 g/mol. The van der Waals surface area contributed by atoms with E-state index in [2.05, 4.69) is 20.2 Å². The standard InChI is InChI=1S/C12H23N5O2S/c1-10(11-7-14-15-8-11)16-20(18,19)17-6-4-3-5-12(17)9-13-2/h7-8,10,12-13,16H,3-6,9H2,1-2H3,(H,14,15). The zero-order valence-electron chi connectivity index (χ0n) is 12.0. The Hall–Kier alpha value is -0.960. The Bertz CT molecular complexity index is 500. The van der Waals surface area contributed by atoms with Gasteiger partial charge in [0.25, 0.3) is 10.2 Å². The summed E-state index contributed by atoms with van der Waals surface area (Å²) >= 11 is 0. The van der Waals surface area contributed by atoms with Crippen LogP contribution >= 0.6 is 0 Å². The second kappa shape index (κ2) is 6.66. The van der Waals surface area contributed by atoms with Crippen LogP contribution in [-0.2, 0) is 10.2 Å². The van der Waals surface area contributed by atoms with E-state index in [4.69, 9.17) is 0 Å².